The molecular weight excluding hydrogens is 526 g/mol. The fourth-order valence-electron chi connectivity index (χ4n) is 5.01. The van der Waals surface area contributed by atoms with Crippen molar-refractivity contribution in [1.29, 1.82) is 0 Å². The lowest BCUT2D eigenvalue weighted by Gasteiger charge is -2.27. The number of rotatable bonds is 7. The van der Waals surface area contributed by atoms with Crippen LogP contribution in [-0.2, 0) is 4.79 Å². The van der Waals surface area contributed by atoms with Crippen LogP contribution in [0.4, 0.5) is 0 Å². The molecule has 1 fully saturated rings. The molecule has 0 aromatic heterocycles. The normalized spacial score (nSPS) is 15.5. The number of piperidine rings is 1. The number of halogens is 1. The molecule has 0 radical (unpaired) electrons. The van der Waals surface area contributed by atoms with E-state index in [4.69, 9.17) is 14.2 Å². The molecule has 1 saturated heterocycles. The fraction of sp³-hybridized carbons (Fsp3) is 0.364. The summed E-state index contributed by atoms with van der Waals surface area (Å²) in [4.78, 5) is 14.9. The number of hydrogen-bond acceptors (Lipinski definition) is 6. The predicted octanol–water partition coefficient (Wildman–Crippen LogP) is 6.98. The molecule has 0 aliphatic carbocycles. The number of nitrogens with zero attached hydrogens (tertiary/aromatic N) is 1. The van der Waals surface area contributed by atoms with Gasteiger partial charge in [0.15, 0.2) is 0 Å². The lowest BCUT2D eigenvalue weighted by molar-refractivity contribution is -0.143. The van der Waals surface area contributed by atoms with Gasteiger partial charge in [-0.3, -0.25) is 9.69 Å². The van der Waals surface area contributed by atoms with Gasteiger partial charge in [-0.2, -0.15) is 0 Å². The van der Waals surface area contributed by atoms with E-state index in [1.54, 1.807) is 26.8 Å². The molecule has 2 heterocycles. The van der Waals surface area contributed by atoms with Crippen molar-refractivity contribution in [2.45, 2.75) is 40.0 Å². The zero-order valence-corrected chi connectivity index (χ0v) is 24.3. The van der Waals surface area contributed by atoms with Crippen molar-refractivity contribution in [3.05, 3.63) is 83.4 Å². The average Bonchev–Trinajstić information content (AvgIpc) is 2.93. The molecular formula is C33H38ClNO5. The van der Waals surface area contributed by atoms with Crippen molar-refractivity contribution in [2.24, 2.45) is 5.41 Å². The first-order chi connectivity index (χ1) is 18.8. The van der Waals surface area contributed by atoms with Crippen LogP contribution >= 0.6 is 12.4 Å². The van der Waals surface area contributed by atoms with E-state index in [0.717, 1.165) is 47.7 Å². The Morgan fingerprint density at radius 2 is 1.62 bits per heavy atom. The topological polar surface area (TPSA) is 68.2 Å². The number of ether oxygens (including phenoxy) is 3. The van der Waals surface area contributed by atoms with Crippen molar-refractivity contribution in [1.82, 2.24) is 4.90 Å². The summed E-state index contributed by atoms with van der Waals surface area (Å²) in [5.41, 5.74) is 3.72. The van der Waals surface area contributed by atoms with Gasteiger partial charge in [0.25, 0.3) is 0 Å². The molecule has 0 amide bonds. The van der Waals surface area contributed by atoms with Crippen LogP contribution in [0.2, 0.25) is 0 Å². The monoisotopic (exact) mass is 563 g/mol. The Labute approximate surface area is 243 Å². The van der Waals surface area contributed by atoms with Gasteiger partial charge in [-0.1, -0.05) is 48.9 Å². The Morgan fingerprint density at radius 1 is 0.925 bits per heavy atom. The van der Waals surface area contributed by atoms with Gasteiger partial charge < -0.3 is 19.3 Å². The van der Waals surface area contributed by atoms with E-state index >= 15 is 0 Å². The van der Waals surface area contributed by atoms with E-state index in [-0.39, 0.29) is 29.9 Å². The quantitative estimate of drug-likeness (QED) is 0.247. The van der Waals surface area contributed by atoms with Crippen LogP contribution in [0.1, 0.15) is 56.7 Å². The van der Waals surface area contributed by atoms with Crippen LogP contribution < -0.4 is 14.2 Å². The summed E-state index contributed by atoms with van der Waals surface area (Å²) >= 11 is 0. The smallest absolute Gasteiger partial charge is 0.316 e. The number of aromatic hydroxyl groups is 1. The first-order valence-electron chi connectivity index (χ1n) is 13.8. The van der Waals surface area contributed by atoms with E-state index in [1.807, 2.05) is 54.6 Å². The molecule has 6 nitrogen and oxygen atoms in total. The third-order valence-corrected chi connectivity index (χ3v) is 7.19. The first-order valence-corrected chi connectivity index (χ1v) is 13.8. The van der Waals surface area contributed by atoms with Gasteiger partial charge in [-0.15, -0.1) is 12.4 Å². The van der Waals surface area contributed by atoms with Gasteiger partial charge in [-0.25, -0.2) is 0 Å². The standard InChI is InChI=1S/C33H37NO5.ClH/c1-33(2,3)32(36)39-26-20-28(35)31-29(21-26)38-22-27(23-10-6-4-7-11-23)30(31)24-12-14-25(15-13-24)37-19-18-34-16-8-5-9-17-34;/h4,6-7,10-15,20-21,35H,5,8-9,16-19,22H2,1-3H3;1H. The second-order valence-corrected chi connectivity index (χ2v) is 11.2. The summed E-state index contributed by atoms with van der Waals surface area (Å²) in [6.45, 7) is 9.59. The molecule has 7 heteroatoms. The van der Waals surface area contributed by atoms with Gasteiger partial charge in [0.2, 0.25) is 0 Å². The Hall–Kier alpha value is -3.48. The minimum atomic E-state index is -0.671. The Bertz CT molecular complexity index is 1340. The van der Waals surface area contributed by atoms with Crippen molar-refractivity contribution in [3.8, 4) is 23.0 Å². The lowest BCUT2D eigenvalue weighted by atomic mass is 9.87. The minimum Gasteiger partial charge on any atom is -0.507 e. The Kier molecular flexibility index (Phi) is 9.44. The number of carbonyl (C=O) groups is 1. The summed E-state index contributed by atoms with van der Waals surface area (Å²) in [5.74, 6) is 1.16. The number of phenolic OH excluding ortho intramolecular Hbond substituents is 1. The van der Waals surface area contributed by atoms with Crippen molar-refractivity contribution in [2.75, 3.05) is 32.8 Å². The third kappa shape index (κ3) is 6.80. The number of carbonyl (C=O) groups excluding carboxylic acids is 1. The fourth-order valence-corrected chi connectivity index (χ4v) is 5.01. The van der Waals surface area contributed by atoms with Crippen LogP contribution in [0, 0.1) is 5.41 Å². The molecule has 40 heavy (non-hydrogen) atoms. The molecule has 2 aliphatic heterocycles. The summed E-state index contributed by atoms with van der Waals surface area (Å²) in [6, 6.07) is 21.2. The van der Waals surface area contributed by atoms with Crippen LogP contribution in [0.25, 0.3) is 11.1 Å². The van der Waals surface area contributed by atoms with Gasteiger partial charge in [0, 0.05) is 29.8 Å². The maximum Gasteiger partial charge on any atom is 0.316 e. The highest BCUT2D eigenvalue weighted by Gasteiger charge is 2.29. The molecule has 0 bridgehead atoms. The highest BCUT2D eigenvalue weighted by molar-refractivity contribution is 6.03. The van der Waals surface area contributed by atoms with E-state index < -0.39 is 5.41 Å². The van der Waals surface area contributed by atoms with Crippen LogP contribution in [0.5, 0.6) is 23.0 Å². The molecule has 0 saturated carbocycles. The summed E-state index contributed by atoms with van der Waals surface area (Å²) in [7, 11) is 0. The van der Waals surface area contributed by atoms with E-state index in [1.165, 1.54) is 25.3 Å². The second-order valence-electron chi connectivity index (χ2n) is 11.2. The molecule has 0 unspecified atom stereocenters. The SMILES string of the molecule is CC(C)(C)C(=O)Oc1cc(O)c2c(c1)OCC(c1ccccc1)=C2c1ccc(OCCN2CCCCC2)cc1.Cl. The number of likely N-dealkylation sites (tertiary alicyclic amines) is 1. The third-order valence-electron chi connectivity index (χ3n) is 7.19. The molecule has 5 rings (SSSR count). The van der Waals surface area contributed by atoms with E-state index in [0.29, 0.717) is 24.5 Å². The van der Waals surface area contributed by atoms with Crippen molar-refractivity contribution in [3.63, 3.8) is 0 Å². The zero-order valence-electron chi connectivity index (χ0n) is 23.4. The van der Waals surface area contributed by atoms with Crippen molar-refractivity contribution >= 4 is 29.5 Å². The number of esters is 1. The summed E-state index contributed by atoms with van der Waals surface area (Å²) in [6.07, 6.45) is 3.87. The van der Waals surface area contributed by atoms with Crippen LogP contribution in [0.15, 0.2) is 66.7 Å². The zero-order chi connectivity index (χ0) is 27.4. The van der Waals surface area contributed by atoms with Gasteiger partial charge in [-0.05, 0) is 70.0 Å². The molecule has 212 valence electrons. The maximum absolute atomic E-state index is 12.5. The Balaban J connectivity index is 0.00000370. The molecule has 2 aliphatic rings. The molecule has 0 spiro atoms. The van der Waals surface area contributed by atoms with Gasteiger partial charge in [0.05, 0.1) is 11.0 Å². The molecule has 0 atom stereocenters. The van der Waals surface area contributed by atoms with Crippen LogP contribution in [0.3, 0.4) is 0 Å². The summed E-state index contributed by atoms with van der Waals surface area (Å²) < 4.78 is 17.7. The Morgan fingerprint density at radius 3 is 2.30 bits per heavy atom. The minimum absolute atomic E-state index is 0. The van der Waals surface area contributed by atoms with Gasteiger partial charge in [0.1, 0.15) is 36.2 Å². The molecule has 3 aromatic carbocycles. The molecule has 3 aromatic rings. The van der Waals surface area contributed by atoms with E-state index in [9.17, 15) is 9.90 Å². The highest BCUT2D eigenvalue weighted by Crippen LogP contribution is 2.47. The second kappa shape index (κ2) is 12.8. The predicted molar refractivity (Wildman–Crippen MR) is 161 cm³/mol. The average molecular weight is 564 g/mol. The largest absolute Gasteiger partial charge is 0.507 e. The van der Waals surface area contributed by atoms with Crippen molar-refractivity contribution < 1.29 is 24.1 Å². The number of fused-ring (bicyclic) bond motifs is 1. The number of phenols is 1. The van der Waals surface area contributed by atoms with Gasteiger partial charge >= 0.3 is 5.97 Å². The highest BCUT2D eigenvalue weighted by atomic mass is 35.5. The number of hydrogen-bond donors (Lipinski definition) is 1. The maximum atomic E-state index is 12.5. The molecule has 1 N–H and O–H groups in total. The first kappa shape index (κ1) is 29.5. The number of benzene rings is 3. The van der Waals surface area contributed by atoms with Crippen LogP contribution in [-0.4, -0.2) is 48.8 Å². The lowest BCUT2D eigenvalue weighted by Crippen LogP contribution is -2.33. The van der Waals surface area contributed by atoms with E-state index in [2.05, 4.69) is 4.90 Å². The summed E-state index contributed by atoms with van der Waals surface area (Å²) in [5, 5.41) is 11.2.